The van der Waals surface area contributed by atoms with E-state index in [0.717, 1.165) is 61.4 Å². The lowest BCUT2D eigenvalue weighted by atomic mass is 9.97. The van der Waals surface area contributed by atoms with Crippen molar-refractivity contribution in [3.8, 4) is 11.4 Å². The second-order valence-corrected chi connectivity index (χ2v) is 10.5. The van der Waals surface area contributed by atoms with Crippen molar-refractivity contribution in [3.05, 3.63) is 63.8 Å². The Balaban J connectivity index is 1.11. The predicted molar refractivity (Wildman–Crippen MR) is 125 cm³/mol. The molecule has 35 heavy (non-hydrogen) atoms. The van der Waals surface area contributed by atoms with Crippen LogP contribution in [0.3, 0.4) is 0 Å². The van der Waals surface area contributed by atoms with Crippen LogP contribution in [0.2, 0.25) is 0 Å². The number of hydrogen-bond donors (Lipinski definition) is 1. The highest BCUT2D eigenvalue weighted by Crippen LogP contribution is 2.64. The maximum absolute atomic E-state index is 14.4. The normalized spacial score (nSPS) is 22.3. The molecule has 5 rings (SSSR count). The lowest BCUT2D eigenvalue weighted by Crippen LogP contribution is -2.23. The molecule has 1 unspecified atom stereocenters. The van der Waals surface area contributed by atoms with Crippen LogP contribution in [0.15, 0.2) is 46.5 Å². The van der Waals surface area contributed by atoms with Gasteiger partial charge in [-0.1, -0.05) is 17.8 Å². The van der Waals surface area contributed by atoms with E-state index in [2.05, 4.69) is 20.1 Å². The fraction of sp³-hybridized carbons (Fsp3) is 0.458. The lowest BCUT2D eigenvalue weighted by Gasteiger charge is -2.16. The van der Waals surface area contributed by atoms with Crippen LogP contribution < -0.4 is 5.56 Å². The van der Waals surface area contributed by atoms with Gasteiger partial charge >= 0.3 is 6.18 Å². The third-order valence-electron chi connectivity index (χ3n) is 7.08. The van der Waals surface area contributed by atoms with Crippen LogP contribution in [0.5, 0.6) is 0 Å². The Hall–Kier alpha value is -2.66. The number of H-pyrrole nitrogens is 1. The average molecular weight is 508 g/mol. The predicted octanol–water partition coefficient (Wildman–Crippen LogP) is 4.69. The van der Waals surface area contributed by atoms with Gasteiger partial charge in [0.15, 0.2) is 11.0 Å². The van der Waals surface area contributed by atoms with Crippen LogP contribution in [0.4, 0.5) is 17.6 Å². The smallest absolute Gasteiger partial charge is 0.328 e. The minimum absolute atomic E-state index is 0.00542. The molecule has 3 aromatic rings. The molecule has 1 spiro atoms. The number of likely N-dealkylation sites (tertiary alicyclic amines) is 1. The van der Waals surface area contributed by atoms with Gasteiger partial charge in [0.1, 0.15) is 5.82 Å². The first kappa shape index (κ1) is 24.1. The summed E-state index contributed by atoms with van der Waals surface area (Å²) in [4.78, 5) is 16.3. The zero-order valence-corrected chi connectivity index (χ0v) is 19.9. The first-order valence-electron chi connectivity index (χ1n) is 11.5. The molecule has 3 heterocycles. The molecule has 1 aromatic carbocycles. The molecule has 2 aliphatic rings. The van der Waals surface area contributed by atoms with E-state index in [1.165, 1.54) is 12.1 Å². The molecule has 0 radical (unpaired) electrons. The number of aromatic amines is 1. The number of hydrogen-bond acceptors (Lipinski definition) is 5. The fourth-order valence-electron chi connectivity index (χ4n) is 5.09. The van der Waals surface area contributed by atoms with Crippen molar-refractivity contribution in [1.29, 1.82) is 0 Å². The second-order valence-electron chi connectivity index (χ2n) is 9.39. The first-order chi connectivity index (χ1) is 16.7. The minimum Gasteiger partial charge on any atom is -0.328 e. The van der Waals surface area contributed by atoms with Crippen molar-refractivity contribution < 1.29 is 17.6 Å². The molecule has 0 amide bonds. The van der Waals surface area contributed by atoms with Gasteiger partial charge in [0.25, 0.3) is 0 Å². The molecular formula is C24H25F4N5OS. The summed E-state index contributed by atoms with van der Waals surface area (Å²) in [5, 5.41) is 9.28. The fourth-order valence-corrected chi connectivity index (χ4v) is 5.93. The van der Waals surface area contributed by atoms with E-state index in [1.807, 2.05) is 11.6 Å². The van der Waals surface area contributed by atoms with Gasteiger partial charge in [0.2, 0.25) is 5.56 Å². The molecule has 1 aliphatic heterocycles. The summed E-state index contributed by atoms with van der Waals surface area (Å²) in [5.74, 6) is 0.786. The third-order valence-corrected chi connectivity index (χ3v) is 8.19. The van der Waals surface area contributed by atoms with Crippen molar-refractivity contribution in [2.45, 2.75) is 36.5 Å². The molecule has 1 aliphatic carbocycles. The molecule has 11 heteroatoms. The monoisotopic (exact) mass is 507 g/mol. The molecule has 2 atom stereocenters. The van der Waals surface area contributed by atoms with Crippen molar-refractivity contribution in [1.82, 2.24) is 24.6 Å². The highest BCUT2D eigenvalue weighted by molar-refractivity contribution is 7.99. The van der Waals surface area contributed by atoms with Gasteiger partial charge in [-0.05, 0) is 67.4 Å². The van der Waals surface area contributed by atoms with Crippen LogP contribution in [-0.2, 0) is 13.2 Å². The first-order valence-corrected chi connectivity index (χ1v) is 12.5. The Labute approximate surface area is 203 Å². The van der Waals surface area contributed by atoms with E-state index in [9.17, 15) is 22.4 Å². The summed E-state index contributed by atoms with van der Waals surface area (Å²) < 4.78 is 54.8. The summed E-state index contributed by atoms with van der Waals surface area (Å²) in [7, 11) is 1.89. The number of pyridine rings is 1. The number of benzene rings is 1. The summed E-state index contributed by atoms with van der Waals surface area (Å²) in [6.45, 7) is 2.68. The SMILES string of the molecule is Cn1c(SCCCN2CCC3(C[C@@H]3c3ccc(C(F)(F)F)cc3F)C2)nnc1-c1ccc(=O)[nH]c1. The van der Waals surface area contributed by atoms with Crippen LogP contribution in [0.1, 0.15) is 36.3 Å². The Bertz CT molecular complexity index is 1270. The Morgan fingerprint density at radius 2 is 2.06 bits per heavy atom. The zero-order chi connectivity index (χ0) is 24.8. The lowest BCUT2D eigenvalue weighted by molar-refractivity contribution is -0.137. The summed E-state index contributed by atoms with van der Waals surface area (Å²) in [6.07, 6.45) is -0.201. The largest absolute Gasteiger partial charge is 0.416 e. The number of thioether (sulfide) groups is 1. The number of nitrogens with zero attached hydrogens (tertiary/aromatic N) is 4. The molecular weight excluding hydrogens is 482 g/mol. The number of halogens is 4. The second kappa shape index (κ2) is 9.09. The van der Waals surface area contributed by atoms with E-state index >= 15 is 0 Å². The topological polar surface area (TPSA) is 66.8 Å². The van der Waals surface area contributed by atoms with Gasteiger partial charge in [-0.2, -0.15) is 13.2 Å². The maximum atomic E-state index is 14.4. The number of rotatable bonds is 7. The maximum Gasteiger partial charge on any atom is 0.416 e. The number of aromatic nitrogens is 4. The van der Waals surface area contributed by atoms with Gasteiger partial charge in [-0.25, -0.2) is 4.39 Å². The standard InChI is InChI=1S/C24H25F4N5OS/c1-32-21(15-3-6-20(34)29-13-15)30-31-22(32)35-10-2-8-33-9-7-23(14-33)12-18(23)17-5-4-16(11-19(17)25)24(26,27)28/h3-6,11,13,18H,2,7-10,12,14H2,1H3,(H,29,34)/t18-,23?/m1/s1. The van der Waals surface area contributed by atoms with Gasteiger partial charge < -0.3 is 14.5 Å². The highest BCUT2D eigenvalue weighted by Gasteiger charge is 2.58. The van der Waals surface area contributed by atoms with Crippen molar-refractivity contribution in [3.63, 3.8) is 0 Å². The van der Waals surface area contributed by atoms with Crippen LogP contribution in [0, 0.1) is 11.2 Å². The molecule has 1 N–H and O–H groups in total. The molecule has 1 saturated heterocycles. The van der Waals surface area contributed by atoms with Crippen LogP contribution >= 0.6 is 11.8 Å². The Morgan fingerprint density at radius 3 is 2.77 bits per heavy atom. The molecule has 2 aromatic heterocycles. The third kappa shape index (κ3) is 4.88. The van der Waals surface area contributed by atoms with Gasteiger partial charge in [-0.15, -0.1) is 10.2 Å². The molecule has 1 saturated carbocycles. The molecule has 2 fully saturated rings. The highest BCUT2D eigenvalue weighted by atomic mass is 32.2. The quantitative estimate of drug-likeness (QED) is 0.286. The van der Waals surface area contributed by atoms with Crippen LogP contribution in [-0.4, -0.2) is 50.0 Å². The number of alkyl halides is 3. The van der Waals surface area contributed by atoms with E-state index in [1.54, 1.807) is 24.0 Å². The Morgan fingerprint density at radius 1 is 1.23 bits per heavy atom. The van der Waals surface area contributed by atoms with Crippen molar-refractivity contribution >= 4 is 11.8 Å². The van der Waals surface area contributed by atoms with E-state index in [4.69, 9.17) is 0 Å². The van der Waals surface area contributed by atoms with E-state index in [-0.39, 0.29) is 16.9 Å². The molecule has 0 bridgehead atoms. The average Bonchev–Trinajstić information content (AvgIpc) is 3.14. The molecule has 186 valence electrons. The Kier molecular flexibility index (Phi) is 6.25. The summed E-state index contributed by atoms with van der Waals surface area (Å²) in [5.41, 5.74) is 0.0836. The van der Waals surface area contributed by atoms with Gasteiger partial charge in [0.05, 0.1) is 5.56 Å². The van der Waals surface area contributed by atoms with Crippen LogP contribution in [0.25, 0.3) is 11.4 Å². The van der Waals surface area contributed by atoms with E-state index in [0.29, 0.717) is 17.5 Å². The van der Waals surface area contributed by atoms with Gasteiger partial charge in [0, 0.05) is 37.2 Å². The summed E-state index contributed by atoms with van der Waals surface area (Å²) in [6, 6.07) is 6.10. The zero-order valence-electron chi connectivity index (χ0n) is 19.1. The number of nitrogens with one attached hydrogen (secondary N) is 1. The minimum atomic E-state index is -4.53. The summed E-state index contributed by atoms with van der Waals surface area (Å²) >= 11 is 1.62. The van der Waals surface area contributed by atoms with E-state index < -0.39 is 17.6 Å². The van der Waals surface area contributed by atoms with Crippen molar-refractivity contribution in [2.75, 3.05) is 25.4 Å². The molecule has 6 nitrogen and oxygen atoms in total. The van der Waals surface area contributed by atoms with Crippen molar-refractivity contribution in [2.24, 2.45) is 12.5 Å². The van der Waals surface area contributed by atoms with Gasteiger partial charge in [-0.3, -0.25) is 4.79 Å².